The van der Waals surface area contributed by atoms with Crippen LogP contribution in [0.3, 0.4) is 0 Å². The smallest absolute Gasteiger partial charge is 0.328 e. The Labute approximate surface area is 151 Å². The van der Waals surface area contributed by atoms with E-state index in [-0.39, 0.29) is 11.9 Å². The van der Waals surface area contributed by atoms with Crippen LogP contribution in [0.5, 0.6) is 0 Å². The van der Waals surface area contributed by atoms with Gasteiger partial charge in [0.1, 0.15) is 6.04 Å². The van der Waals surface area contributed by atoms with Crippen molar-refractivity contribution in [2.75, 3.05) is 25.0 Å². The summed E-state index contributed by atoms with van der Waals surface area (Å²) in [5, 5.41) is 3.12. The van der Waals surface area contributed by atoms with Gasteiger partial charge in [0.2, 0.25) is 0 Å². The van der Waals surface area contributed by atoms with Gasteiger partial charge in [-0.2, -0.15) is 0 Å². The molecule has 1 aliphatic heterocycles. The number of hydrogen-bond acceptors (Lipinski definition) is 4. The van der Waals surface area contributed by atoms with Gasteiger partial charge in [-0.1, -0.05) is 28.8 Å². The minimum atomic E-state index is -0.512. The molecule has 0 spiro atoms. The second-order valence-electron chi connectivity index (χ2n) is 6.01. The van der Waals surface area contributed by atoms with Gasteiger partial charge in [-0.05, 0) is 44.9 Å². The van der Waals surface area contributed by atoms with E-state index in [4.69, 9.17) is 4.74 Å². The lowest BCUT2D eigenvalue weighted by atomic mass is 10.1. The summed E-state index contributed by atoms with van der Waals surface area (Å²) >= 11 is 3.43. The summed E-state index contributed by atoms with van der Waals surface area (Å²) in [6.07, 6.45) is 4.43. The number of carbonyl (C=O) groups is 2. The second-order valence-corrected chi connectivity index (χ2v) is 6.93. The summed E-state index contributed by atoms with van der Waals surface area (Å²) in [6.45, 7) is 5.43. The van der Waals surface area contributed by atoms with Gasteiger partial charge in [-0.15, -0.1) is 0 Å². The molecular weight excluding hydrogens is 372 g/mol. The van der Waals surface area contributed by atoms with Crippen molar-refractivity contribution in [1.82, 2.24) is 4.90 Å². The Balaban J connectivity index is 2.20. The van der Waals surface area contributed by atoms with Gasteiger partial charge >= 0.3 is 5.97 Å². The Kier molecular flexibility index (Phi) is 7.09. The van der Waals surface area contributed by atoms with Gasteiger partial charge in [-0.3, -0.25) is 4.79 Å². The molecule has 5 nitrogen and oxygen atoms in total. The SMILES string of the molecule is CCOC(=O)C(C)Nc1ccc(Br)cc1C(=O)N1CCCCCC1. The van der Waals surface area contributed by atoms with Crippen molar-refractivity contribution >= 4 is 33.5 Å². The quantitative estimate of drug-likeness (QED) is 0.768. The lowest BCUT2D eigenvalue weighted by Crippen LogP contribution is -2.34. The van der Waals surface area contributed by atoms with Crippen LogP contribution in [0.15, 0.2) is 22.7 Å². The number of hydrogen-bond donors (Lipinski definition) is 1. The van der Waals surface area contributed by atoms with Crippen molar-refractivity contribution in [3.63, 3.8) is 0 Å². The third-order valence-electron chi connectivity index (χ3n) is 4.12. The maximum atomic E-state index is 13.0. The number of anilines is 1. The number of halogens is 1. The van der Waals surface area contributed by atoms with Crippen molar-refractivity contribution < 1.29 is 14.3 Å². The zero-order valence-corrected chi connectivity index (χ0v) is 15.9. The zero-order chi connectivity index (χ0) is 17.5. The van der Waals surface area contributed by atoms with Crippen LogP contribution in [0.25, 0.3) is 0 Å². The Morgan fingerprint density at radius 2 is 1.92 bits per heavy atom. The highest BCUT2D eigenvalue weighted by atomic mass is 79.9. The van der Waals surface area contributed by atoms with Crippen molar-refractivity contribution in [1.29, 1.82) is 0 Å². The van der Waals surface area contributed by atoms with E-state index in [1.165, 1.54) is 12.8 Å². The maximum absolute atomic E-state index is 13.0. The summed E-state index contributed by atoms with van der Waals surface area (Å²) in [6, 6.07) is 4.99. The van der Waals surface area contributed by atoms with E-state index in [1.54, 1.807) is 13.8 Å². The molecule has 1 unspecified atom stereocenters. The van der Waals surface area contributed by atoms with E-state index in [2.05, 4.69) is 21.2 Å². The monoisotopic (exact) mass is 396 g/mol. The molecule has 0 radical (unpaired) electrons. The molecule has 1 atom stereocenters. The van der Waals surface area contributed by atoms with E-state index in [9.17, 15) is 9.59 Å². The van der Waals surface area contributed by atoms with Gasteiger partial charge < -0.3 is 15.0 Å². The summed E-state index contributed by atoms with van der Waals surface area (Å²) in [7, 11) is 0. The maximum Gasteiger partial charge on any atom is 0.328 e. The van der Waals surface area contributed by atoms with E-state index < -0.39 is 6.04 Å². The number of nitrogens with one attached hydrogen (secondary N) is 1. The van der Waals surface area contributed by atoms with E-state index in [1.807, 2.05) is 23.1 Å². The van der Waals surface area contributed by atoms with Crippen molar-refractivity contribution in [3.05, 3.63) is 28.2 Å². The van der Waals surface area contributed by atoms with Crippen LogP contribution in [-0.2, 0) is 9.53 Å². The molecule has 1 aromatic carbocycles. The van der Waals surface area contributed by atoms with Crippen LogP contribution in [0.2, 0.25) is 0 Å². The molecule has 132 valence electrons. The summed E-state index contributed by atoms with van der Waals surface area (Å²) < 4.78 is 5.87. The molecule has 1 aromatic rings. The van der Waals surface area contributed by atoms with Crippen LogP contribution in [-0.4, -0.2) is 42.5 Å². The minimum absolute atomic E-state index is 0.0109. The number of nitrogens with zero attached hydrogens (tertiary/aromatic N) is 1. The van der Waals surface area contributed by atoms with Crippen LogP contribution < -0.4 is 5.32 Å². The first-order valence-electron chi connectivity index (χ1n) is 8.55. The molecule has 1 heterocycles. The van der Waals surface area contributed by atoms with Gasteiger partial charge in [0, 0.05) is 23.2 Å². The molecule has 1 N–H and O–H groups in total. The number of ether oxygens (including phenoxy) is 1. The predicted molar refractivity (Wildman–Crippen MR) is 98.2 cm³/mol. The highest BCUT2D eigenvalue weighted by Crippen LogP contribution is 2.24. The fourth-order valence-corrected chi connectivity index (χ4v) is 3.18. The van der Waals surface area contributed by atoms with Crippen LogP contribution in [0.1, 0.15) is 49.9 Å². The fourth-order valence-electron chi connectivity index (χ4n) is 2.82. The fraction of sp³-hybridized carbons (Fsp3) is 0.556. The van der Waals surface area contributed by atoms with Gasteiger partial charge in [0.15, 0.2) is 0 Å². The first kappa shape index (κ1) is 18.8. The third kappa shape index (κ3) is 4.97. The Hall–Kier alpha value is -1.56. The summed E-state index contributed by atoms with van der Waals surface area (Å²) in [5.41, 5.74) is 1.25. The number of benzene rings is 1. The van der Waals surface area contributed by atoms with E-state index in [0.717, 1.165) is 30.4 Å². The standard InChI is InChI=1S/C18H25BrN2O3/c1-3-24-18(23)13(2)20-16-9-8-14(19)12-15(16)17(22)21-10-6-4-5-7-11-21/h8-9,12-13,20H,3-7,10-11H2,1-2H3. The van der Waals surface area contributed by atoms with Crippen molar-refractivity contribution in [2.45, 2.75) is 45.6 Å². The third-order valence-corrected chi connectivity index (χ3v) is 4.61. The average Bonchev–Trinajstić information content (AvgIpc) is 2.85. The molecular formula is C18H25BrN2O3. The van der Waals surface area contributed by atoms with Gasteiger partial charge in [0.05, 0.1) is 12.2 Å². The van der Waals surface area contributed by atoms with Crippen LogP contribution in [0.4, 0.5) is 5.69 Å². The molecule has 1 aliphatic rings. The molecule has 0 aromatic heterocycles. The first-order valence-corrected chi connectivity index (χ1v) is 9.34. The van der Waals surface area contributed by atoms with E-state index in [0.29, 0.717) is 17.9 Å². The number of esters is 1. The molecule has 1 amide bonds. The topological polar surface area (TPSA) is 58.6 Å². The van der Waals surface area contributed by atoms with Gasteiger partial charge in [0.25, 0.3) is 5.91 Å². The Morgan fingerprint density at radius 3 is 2.54 bits per heavy atom. The highest BCUT2D eigenvalue weighted by Gasteiger charge is 2.22. The molecule has 1 saturated heterocycles. The summed E-state index contributed by atoms with van der Waals surface area (Å²) in [5.74, 6) is -0.314. The number of amides is 1. The Bertz CT molecular complexity index is 584. The molecule has 1 fully saturated rings. The lowest BCUT2D eigenvalue weighted by molar-refractivity contribution is -0.143. The predicted octanol–water partition coefficient (Wildman–Crippen LogP) is 3.83. The molecule has 0 aliphatic carbocycles. The number of rotatable bonds is 5. The van der Waals surface area contributed by atoms with Gasteiger partial charge in [-0.25, -0.2) is 4.79 Å². The lowest BCUT2D eigenvalue weighted by Gasteiger charge is -2.23. The number of likely N-dealkylation sites (tertiary alicyclic amines) is 1. The molecule has 2 rings (SSSR count). The first-order chi connectivity index (χ1) is 11.5. The normalized spacial score (nSPS) is 16.2. The van der Waals surface area contributed by atoms with Crippen molar-refractivity contribution in [3.8, 4) is 0 Å². The minimum Gasteiger partial charge on any atom is -0.464 e. The van der Waals surface area contributed by atoms with Crippen LogP contribution in [0, 0.1) is 0 Å². The van der Waals surface area contributed by atoms with Crippen LogP contribution >= 0.6 is 15.9 Å². The summed E-state index contributed by atoms with van der Waals surface area (Å²) in [4.78, 5) is 26.7. The molecule has 24 heavy (non-hydrogen) atoms. The molecule has 0 bridgehead atoms. The second kappa shape index (κ2) is 9.06. The number of carbonyl (C=O) groups excluding carboxylic acids is 2. The zero-order valence-electron chi connectivity index (χ0n) is 14.3. The van der Waals surface area contributed by atoms with Crippen molar-refractivity contribution in [2.24, 2.45) is 0 Å². The highest BCUT2D eigenvalue weighted by molar-refractivity contribution is 9.10. The largest absolute Gasteiger partial charge is 0.464 e. The van der Waals surface area contributed by atoms with E-state index >= 15 is 0 Å². The Morgan fingerprint density at radius 1 is 1.25 bits per heavy atom. The average molecular weight is 397 g/mol. The molecule has 6 heteroatoms. The molecule has 0 saturated carbocycles.